The highest BCUT2D eigenvalue weighted by Gasteiger charge is 2.03. The normalized spacial score (nSPS) is 10.6. The third kappa shape index (κ3) is 2.72. The summed E-state index contributed by atoms with van der Waals surface area (Å²) in [7, 11) is 0. The van der Waals surface area contributed by atoms with Crippen LogP contribution in [0.4, 0.5) is 5.69 Å². The number of benzene rings is 1. The van der Waals surface area contributed by atoms with Crippen molar-refractivity contribution in [2.75, 3.05) is 5.73 Å². The van der Waals surface area contributed by atoms with Gasteiger partial charge in [0.05, 0.1) is 5.56 Å². The van der Waals surface area contributed by atoms with Gasteiger partial charge in [-0.1, -0.05) is 0 Å². The van der Waals surface area contributed by atoms with Crippen LogP contribution >= 0.6 is 0 Å². The summed E-state index contributed by atoms with van der Waals surface area (Å²) in [5.41, 5.74) is 12.3. The van der Waals surface area contributed by atoms with Crippen molar-refractivity contribution in [1.29, 1.82) is 0 Å². The van der Waals surface area contributed by atoms with Crippen LogP contribution in [0.5, 0.6) is 11.6 Å². The predicted octanol–water partition coefficient (Wildman–Crippen LogP) is 1.78. The zero-order valence-corrected chi connectivity index (χ0v) is 9.08. The van der Waals surface area contributed by atoms with Gasteiger partial charge in [-0.05, 0) is 36.5 Å². The quantitative estimate of drug-likeness (QED) is 0.782. The van der Waals surface area contributed by atoms with Crippen molar-refractivity contribution < 1.29 is 4.74 Å². The highest BCUT2D eigenvalue weighted by Crippen LogP contribution is 2.23. The number of aromatic nitrogens is 2. The van der Waals surface area contributed by atoms with Crippen LogP contribution in [0.3, 0.4) is 0 Å². The number of nitrogen functional groups attached to an aromatic ring is 1. The van der Waals surface area contributed by atoms with Gasteiger partial charge in [0.2, 0.25) is 5.88 Å². The lowest BCUT2D eigenvalue weighted by Crippen LogP contribution is -1.93. The highest BCUT2D eigenvalue weighted by molar-refractivity contribution is 5.54. The maximum Gasteiger partial charge on any atom is 0.229 e. The molecule has 0 aliphatic heterocycles. The van der Waals surface area contributed by atoms with Crippen LogP contribution in [-0.2, 0) is 0 Å². The first kappa shape index (κ1) is 10.9. The minimum atomic E-state index is 0.450. The van der Waals surface area contributed by atoms with Gasteiger partial charge in [0.25, 0.3) is 0 Å². The lowest BCUT2D eigenvalue weighted by molar-refractivity contribution is 0.460. The molecule has 4 N–H and O–H groups in total. The number of rotatable bonds is 3. The fraction of sp³-hybridized carbons (Fsp3) is 0. The second-order valence-electron chi connectivity index (χ2n) is 3.31. The van der Waals surface area contributed by atoms with E-state index in [0.29, 0.717) is 22.9 Å². The molecule has 17 heavy (non-hydrogen) atoms. The summed E-state index contributed by atoms with van der Waals surface area (Å²) in [5.74, 6) is 1.11. The smallest absolute Gasteiger partial charge is 0.229 e. The molecule has 1 heterocycles. The van der Waals surface area contributed by atoms with Gasteiger partial charge < -0.3 is 16.2 Å². The summed E-state index contributed by atoms with van der Waals surface area (Å²) in [6.07, 6.45) is 6.13. The zero-order chi connectivity index (χ0) is 12.1. The summed E-state index contributed by atoms with van der Waals surface area (Å²) in [6, 6.07) is 7.06. The maximum atomic E-state index is 5.60. The standard InChI is InChI=1S/C12H12N4O/c13-6-5-9-7-15-8-16-12(9)17-11-3-1-10(14)2-4-11/h1-8H,13-14H2/b6-5-. The van der Waals surface area contributed by atoms with Crippen LogP contribution in [0.2, 0.25) is 0 Å². The first-order valence-electron chi connectivity index (χ1n) is 5.01. The van der Waals surface area contributed by atoms with E-state index in [9.17, 15) is 0 Å². The molecule has 2 aromatic rings. The van der Waals surface area contributed by atoms with E-state index in [1.807, 2.05) is 0 Å². The van der Waals surface area contributed by atoms with Crippen LogP contribution in [0, 0.1) is 0 Å². The van der Waals surface area contributed by atoms with Gasteiger partial charge in [-0.15, -0.1) is 0 Å². The Morgan fingerprint density at radius 1 is 1.18 bits per heavy atom. The van der Waals surface area contributed by atoms with Crippen LogP contribution in [-0.4, -0.2) is 9.97 Å². The second kappa shape index (κ2) is 4.98. The molecule has 0 bridgehead atoms. The molecule has 0 aliphatic carbocycles. The van der Waals surface area contributed by atoms with E-state index in [1.165, 1.54) is 12.5 Å². The van der Waals surface area contributed by atoms with Crippen molar-refractivity contribution in [2.45, 2.75) is 0 Å². The first-order valence-corrected chi connectivity index (χ1v) is 5.01. The average Bonchev–Trinajstić information content (AvgIpc) is 2.35. The number of hydrogen-bond acceptors (Lipinski definition) is 5. The zero-order valence-electron chi connectivity index (χ0n) is 9.08. The number of nitrogens with two attached hydrogens (primary N) is 2. The molecule has 0 radical (unpaired) electrons. The van der Waals surface area contributed by atoms with E-state index in [0.717, 1.165) is 0 Å². The Morgan fingerprint density at radius 3 is 2.65 bits per heavy atom. The Balaban J connectivity index is 2.26. The molecule has 1 aromatic heterocycles. The molecule has 2 rings (SSSR count). The van der Waals surface area contributed by atoms with Gasteiger partial charge >= 0.3 is 0 Å². The van der Waals surface area contributed by atoms with Crippen LogP contribution < -0.4 is 16.2 Å². The van der Waals surface area contributed by atoms with Gasteiger partial charge in [-0.3, -0.25) is 0 Å². The van der Waals surface area contributed by atoms with Gasteiger partial charge in [0.15, 0.2) is 0 Å². The number of hydrogen-bond donors (Lipinski definition) is 2. The predicted molar refractivity (Wildman–Crippen MR) is 66.2 cm³/mol. The third-order valence-corrected chi connectivity index (χ3v) is 2.07. The monoisotopic (exact) mass is 228 g/mol. The molecule has 0 saturated carbocycles. The van der Waals surface area contributed by atoms with E-state index in [4.69, 9.17) is 16.2 Å². The van der Waals surface area contributed by atoms with E-state index in [2.05, 4.69) is 9.97 Å². The van der Waals surface area contributed by atoms with Crippen LogP contribution in [0.25, 0.3) is 6.08 Å². The number of anilines is 1. The van der Waals surface area contributed by atoms with E-state index >= 15 is 0 Å². The maximum absolute atomic E-state index is 5.60. The first-order chi connectivity index (χ1) is 8.29. The van der Waals surface area contributed by atoms with Gasteiger partial charge in [0, 0.05) is 11.9 Å². The molecular weight excluding hydrogens is 216 g/mol. The molecular formula is C12H12N4O. The number of nitrogens with zero attached hydrogens (tertiary/aromatic N) is 2. The van der Waals surface area contributed by atoms with Gasteiger partial charge in [-0.25, -0.2) is 9.97 Å². The molecule has 5 nitrogen and oxygen atoms in total. The second-order valence-corrected chi connectivity index (χ2v) is 3.31. The summed E-state index contributed by atoms with van der Waals surface area (Å²) >= 11 is 0. The Hall–Kier alpha value is -2.56. The van der Waals surface area contributed by atoms with Crippen molar-refractivity contribution in [3.63, 3.8) is 0 Å². The van der Waals surface area contributed by atoms with E-state index in [-0.39, 0.29) is 0 Å². The van der Waals surface area contributed by atoms with E-state index < -0.39 is 0 Å². The Bertz CT molecular complexity index is 522. The molecule has 0 amide bonds. The van der Waals surface area contributed by atoms with E-state index in [1.54, 1.807) is 36.5 Å². The molecule has 0 unspecified atom stereocenters. The Kier molecular flexibility index (Phi) is 3.20. The van der Waals surface area contributed by atoms with Crippen molar-refractivity contribution >= 4 is 11.8 Å². The van der Waals surface area contributed by atoms with Crippen LogP contribution in [0.1, 0.15) is 5.56 Å². The van der Waals surface area contributed by atoms with Gasteiger partial charge in [0.1, 0.15) is 12.1 Å². The van der Waals surface area contributed by atoms with Crippen molar-refractivity contribution in [2.24, 2.45) is 5.73 Å². The Labute approximate surface area is 98.8 Å². The molecule has 86 valence electrons. The number of ether oxygens (including phenoxy) is 1. The van der Waals surface area contributed by atoms with Gasteiger partial charge in [-0.2, -0.15) is 0 Å². The third-order valence-electron chi connectivity index (χ3n) is 2.07. The highest BCUT2D eigenvalue weighted by atomic mass is 16.5. The molecule has 0 atom stereocenters. The molecule has 0 saturated heterocycles. The largest absolute Gasteiger partial charge is 0.438 e. The molecule has 1 aromatic carbocycles. The SMILES string of the molecule is N/C=C\c1cncnc1Oc1ccc(N)cc1. The van der Waals surface area contributed by atoms with Crippen LogP contribution in [0.15, 0.2) is 43.0 Å². The Morgan fingerprint density at radius 2 is 1.94 bits per heavy atom. The molecule has 0 fully saturated rings. The average molecular weight is 228 g/mol. The van der Waals surface area contributed by atoms with Crippen molar-refractivity contribution in [3.05, 3.63) is 48.6 Å². The lowest BCUT2D eigenvalue weighted by atomic mass is 10.3. The minimum Gasteiger partial charge on any atom is -0.438 e. The lowest BCUT2D eigenvalue weighted by Gasteiger charge is -2.06. The topological polar surface area (TPSA) is 87.0 Å². The summed E-state index contributed by atoms with van der Waals surface area (Å²) in [6.45, 7) is 0. The fourth-order valence-corrected chi connectivity index (χ4v) is 1.28. The fourth-order valence-electron chi connectivity index (χ4n) is 1.28. The van der Waals surface area contributed by atoms with Crippen molar-refractivity contribution in [3.8, 4) is 11.6 Å². The van der Waals surface area contributed by atoms with Crippen molar-refractivity contribution in [1.82, 2.24) is 9.97 Å². The molecule has 0 aliphatic rings. The summed E-state index contributed by atoms with van der Waals surface area (Å²) in [4.78, 5) is 7.95. The minimum absolute atomic E-state index is 0.450. The molecule has 0 spiro atoms. The summed E-state index contributed by atoms with van der Waals surface area (Å²) < 4.78 is 5.60. The molecule has 5 heteroatoms. The summed E-state index contributed by atoms with van der Waals surface area (Å²) in [5, 5.41) is 0.